The number of piperazine rings is 1. The predicted molar refractivity (Wildman–Crippen MR) is 112 cm³/mol. The van der Waals surface area contributed by atoms with E-state index in [9.17, 15) is 8.42 Å². The molecule has 0 amide bonds. The van der Waals surface area contributed by atoms with Gasteiger partial charge in [0.05, 0.1) is 31.3 Å². The van der Waals surface area contributed by atoms with Crippen LogP contribution in [-0.4, -0.2) is 75.3 Å². The second-order valence-electron chi connectivity index (χ2n) is 6.10. The van der Waals surface area contributed by atoms with Crippen molar-refractivity contribution in [2.24, 2.45) is 4.99 Å². The van der Waals surface area contributed by atoms with E-state index < -0.39 is 10.0 Å². The molecule has 0 radical (unpaired) electrons. The minimum absolute atomic E-state index is 0. The van der Waals surface area contributed by atoms with Crippen molar-refractivity contribution < 1.29 is 17.6 Å². The number of nitrogens with zero attached hydrogens (tertiary/aromatic N) is 3. The smallest absolute Gasteiger partial charge is 0.216 e. The molecule has 0 unspecified atom stereocenters. The summed E-state index contributed by atoms with van der Waals surface area (Å²) in [5, 5.41) is 3.24. The van der Waals surface area contributed by atoms with Crippen molar-refractivity contribution >= 4 is 40.0 Å². The Kier molecular flexibility index (Phi) is 9.90. The Hall–Kier alpha value is -0.850. The molecule has 0 bridgehead atoms. The van der Waals surface area contributed by atoms with Gasteiger partial charge in [0.15, 0.2) is 5.96 Å². The number of aliphatic imine (C=N–C) groups is 1. The summed E-state index contributed by atoms with van der Waals surface area (Å²) in [6, 6.07) is 3.73. The van der Waals surface area contributed by atoms with Gasteiger partial charge in [0.25, 0.3) is 0 Å². The molecule has 1 aromatic rings. The molecule has 1 aromatic heterocycles. The van der Waals surface area contributed by atoms with Gasteiger partial charge in [-0.3, -0.25) is 4.99 Å². The van der Waals surface area contributed by atoms with E-state index >= 15 is 0 Å². The molecule has 0 aliphatic carbocycles. The molecule has 2 rings (SSSR count). The first-order valence-corrected chi connectivity index (χ1v) is 10.1. The summed E-state index contributed by atoms with van der Waals surface area (Å²) in [4.78, 5) is 6.32. The number of ether oxygens (including phenoxy) is 1. The van der Waals surface area contributed by atoms with Gasteiger partial charge in [-0.2, -0.15) is 4.31 Å². The highest BCUT2D eigenvalue weighted by Crippen LogP contribution is 2.09. The van der Waals surface area contributed by atoms with Gasteiger partial charge >= 0.3 is 0 Å². The first-order valence-electron chi connectivity index (χ1n) is 8.50. The van der Waals surface area contributed by atoms with Crippen LogP contribution in [0.3, 0.4) is 0 Å². The molecule has 1 aliphatic rings. The zero-order chi connectivity index (χ0) is 18.3. The van der Waals surface area contributed by atoms with Crippen molar-refractivity contribution in [3.8, 4) is 0 Å². The lowest BCUT2D eigenvalue weighted by atomic mass is 10.4. The van der Waals surface area contributed by atoms with Crippen LogP contribution in [0, 0.1) is 0 Å². The molecule has 1 fully saturated rings. The summed E-state index contributed by atoms with van der Waals surface area (Å²) < 4.78 is 36.9. The average Bonchev–Trinajstić information content (AvgIpc) is 3.09. The van der Waals surface area contributed by atoms with Gasteiger partial charge in [0.2, 0.25) is 10.0 Å². The van der Waals surface area contributed by atoms with Gasteiger partial charge < -0.3 is 19.4 Å². The van der Waals surface area contributed by atoms with Gasteiger partial charge in [-0.1, -0.05) is 0 Å². The Morgan fingerprint density at radius 2 is 2.04 bits per heavy atom. The number of sulfonamides is 1. The normalized spacial score (nSPS) is 16.6. The quantitative estimate of drug-likeness (QED) is 0.346. The van der Waals surface area contributed by atoms with Crippen LogP contribution in [0.25, 0.3) is 0 Å². The molecule has 1 saturated heterocycles. The molecular formula is C16H29IN4O4S. The van der Waals surface area contributed by atoms with E-state index in [0.717, 1.165) is 11.7 Å². The SMILES string of the molecule is CN=C(NCc1ccco1)N1CCN(S(=O)(=O)CCOC(C)C)CC1.I. The summed E-state index contributed by atoms with van der Waals surface area (Å²) in [6.45, 7) is 6.66. The molecule has 10 heteroatoms. The van der Waals surface area contributed by atoms with E-state index in [1.165, 1.54) is 4.31 Å². The highest BCUT2D eigenvalue weighted by Gasteiger charge is 2.28. The predicted octanol–water partition coefficient (Wildman–Crippen LogP) is 1.35. The lowest BCUT2D eigenvalue weighted by molar-refractivity contribution is 0.0904. The molecule has 0 spiro atoms. The summed E-state index contributed by atoms with van der Waals surface area (Å²) >= 11 is 0. The Balaban J connectivity index is 0.00000338. The molecule has 8 nitrogen and oxygen atoms in total. The topological polar surface area (TPSA) is 87.4 Å². The van der Waals surface area contributed by atoms with Gasteiger partial charge in [-0.05, 0) is 26.0 Å². The van der Waals surface area contributed by atoms with Crippen LogP contribution in [0.15, 0.2) is 27.8 Å². The summed E-state index contributed by atoms with van der Waals surface area (Å²) in [5.41, 5.74) is 0. The first kappa shape index (κ1) is 23.2. The van der Waals surface area contributed by atoms with E-state index in [-0.39, 0.29) is 42.4 Å². The van der Waals surface area contributed by atoms with Crippen molar-refractivity contribution in [3.05, 3.63) is 24.2 Å². The zero-order valence-corrected chi connectivity index (χ0v) is 18.7. The van der Waals surface area contributed by atoms with Crippen LogP contribution >= 0.6 is 24.0 Å². The molecule has 0 saturated carbocycles. The van der Waals surface area contributed by atoms with Crippen molar-refractivity contribution in [1.82, 2.24) is 14.5 Å². The standard InChI is InChI=1S/C16H28N4O4S.HI/c1-14(2)23-11-12-25(21,22)20-8-6-19(7-9-20)16(17-3)18-13-15-5-4-10-24-15;/h4-5,10,14H,6-9,11-13H2,1-3H3,(H,17,18);1H. The Bertz CT molecular complexity index is 641. The highest BCUT2D eigenvalue weighted by molar-refractivity contribution is 14.0. The minimum atomic E-state index is -3.28. The van der Waals surface area contributed by atoms with Crippen LogP contribution < -0.4 is 5.32 Å². The van der Waals surface area contributed by atoms with Crippen LogP contribution in [0.4, 0.5) is 0 Å². The first-order chi connectivity index (χ1) is 11.9. The zero-order valence-electron chi connectivity index (χ0n) is 15.6. The molecule has 150 valence electrons. The number of hydrogen-bond acceptors (Lipinski definition) is 5. The third-order valence-corrected chi connectivity index (χ3v) is 5.77. The molecule has 0 aromatic carbocycles. The molecule has 26 heavy (non-hydrogen) atoms. The molecule has 2 heterocycles. The van der Waals surface area contributed by atoms with Crippen LogP contribution in [0.1, 0.15) is 19.6 Å². The maximum absolute atomic E-state index is 12.4. The lowest BCUT2D eigenvalue weighted by Gasteiger charge is -2.35. The summed E-state index contributed by atoms with van der Waals surface area (Å²) in [7, 11) is -1.56. The maximum Gasteiger partial charge on any atom is 0.216 e. The Morgan fingerprint density at radius 3 is 2.58 bits per heavy atom. The van der Waals surface area contributed by atoms with Crippen molar-refractivity contribution in [1.29, 1.82) is 0 Å². The van der Waals surface area contributed by atoms with Crippen molar-refractivity contribution in [3.63, 3.8) is 0 Å². The second kappa shape index (κ2) is 11.1. The average molecular weight is 500 g/mol. The van der Waals surface area contributed by atoms with E-state index in [1.807, 2.05) is 26.0 Å². The van der Waals surface area contributed by atoms with Crippen LogP contribution in [0.2, 0.25) is 0 Å². The fourth-order valence-corrected chi connectivity index (χ4v) is 3.89. The minimum Gasteiger partial charge on any atom is -0.467 e. The molecule has 1 aliphatic heterocycles. The van der Waals surface area contributed by atoms with Gasteiger partial charge in [0, 0.05) is 33.2 Å². The van der Waals surface area contributed by atoms with Crippen LogP contribution in [-0.2, 0) is 21.3 Å². The fraction of sp³-hybridized carbons (Fsp3) is 0.688. The fourth-order valence-electron chi connectivity index (χ4n) is 2.61. The molecular weight excluding hydrogens is 471 g/mol. The summed E-state index contributed by atoms with van der Waals surface area (Å²) in [5.74, 6) is 1.60. The summed E-state index contributed by atoms with van der Waals surface area (Å²) in [6.07, 6.45) is 1.67. The van der Waals surface area contributed by atoms with E-state index in [4.69, 9.17) is 9.15 Å². The Labute approximate surface area is 173 Å². The van der Waals surface area contributed by atoms with Crippen LogP contribution in [0.5, 0.6) is 0 Å². The number of hydrogen-bond donors (Lipinski definition) is 1. The van der Waals surface area contributed by atoms with Gasteiger partial charge in [0.1, 0.15) is 5.76 Å². The molecule has 0 atom stereocenters. The molecule has 1 N–H and O–H groups in total. The second-order valence-corrected chi connectivity index (χ2v) is 8.19. The number of halogens is 1. The third-order valence-electron chi connectivity index (χ3n) is 3.94. The van der Waals surface area contributed by atoms with Gasteiger partial charge in [-0.25, -0.2) is 8.42 Å². The number of furan rings is 1. The third kappa shape index (κ3) is 7.05. The number of rotatable bonds is 7. The largest absolute Gasteiger partial charge is 0.467 e. The maximum atomic E-state index is 12.4. The van der Waals surface area contributed by atoms with Crippen molar-refractivity contribution in [2.75, 3.05) is 45.6 Å². The number of guanidine groups is 1. The Morgan fingerprint density at radius 1 is 1.35 bits per heavy atom. The van der Waals surface area contributed by atoms with Gasteiger partial charge in [-0.15, -0.1) is 24.0 Å². The van der Waals surface area contributed by atoms with Crippen molar-refractivity contribution in [2.45, 2.75) is 26.5 Å². The lowest BCUT2D eigenvalue weighted by Crippen LogP contribution is -2.54. The van der Waals surface area contributed by atoms with E-state index in [0.29, 0.717) is 32.7 Å². The van der Waals surface area contributed by atoms with E-state index in [1.54, 1.807) is 13.3 Å². The highest BCUT2D eigenvalue weighted by atomic mass is 127. The monoisotopic (exact) mass is 500 g/mol. The number of nitrogens with one attached hydrogen (secondary N) is 1. The van der Waals surface area contributed by atoms with E-state index in [2.05, 4.69) is 15.2 Å².